The zero-order valence-corrected chi connectivity index (χ0v) is 22.7. The van der Waals surface area contributed by atoms with Crippen molar-refractivity contribution in [3.05, 3.63) is 59.2 Å². The molecule has 0 heterocycles. The maximum atomic E-state index is 12.4. The number of hydrogen-bond acceptors (Lipinski definition) is 5. The number of methoxy groups -OCH3 is 1. The average Bonchev–Trinajstić information content (AvgIpc) is 2.81. The zero-order valence-electron chi connectivity index (χ0n) is 22.7. The van der Waals surface area contributed by atoms with Crippen LogP contribution in [0.5, 0.6) is 11.5 Å². The van der Waals surface area contributed by atoms with Crippen LogP contribution in [0.3, 0.4) is 0 Å². The Kier molecular flexibility index (Phi) is 10.2. The van der Waals surface area contributed by atoms with Gasteiger partial charge in [0.2, 0.25) is 0 Å². The van der Waals surface area contributed by atoms with Crippen molar-refractivity contribution >= 4 is 12.0 Å². The standard InChI is InChI=1S/C29H42N2O5/c1-28(2,3)23-13-10-20(11-14-23)8-9-22(19-36-26(33)29(4,5)6)18-31-27(34)30-17-21-12-15-24(32)25(16-21)35-7/h10-16,22,32H,8-9,17-19H2,1-7H3,(H2,30,31,34). The molecule has 0 aliphatic heterocycles. The molecule has 198 valence electrons. The lowest BCUT2D eigenvalue weighted by Gasteiger charge is -2.22. The third kappa shape index (κ3) is 9.44. The molecule has 2 rings (SSSR count). The van der Waals surface area contributed by atoms with E-state index in [9.17, 15) is 14.7 Å². The number of ether oxygens (including phenoxy) is 2. The molecule has 0 radical (unpaired) electrons. The summed E-state index contributed by atoms with van der Waals surface area (Å²) >= 11 is 0. The molecule has 1 atom stereocenters. The summed E-state index contributed by atoms with van der Waals surface area (Å²) in [4.78, 5) is 24.7. The van der Waals surface area contributed by atoms with E-state index in [0.717, 1.165) is 18.4 Å². The van der Waals surface area contributed by atoms with Gasteiger partial charge in [-0.1, -0.05) is 51.1 Å². The number of phenols is 1. The van der Waals surface area contributed by atoms with Crippen LogP contribution in [0.15, 0.2) is 42.5 Å². The molecule has 0 aliphatic carbocycles. The number of benzene rings is 2. The minimum absolute atomic E-state index is 0.0295. The van der Waals surface area contributed by atoms with Gasteiger partial charge in [-0.2, -0.15) is 0 Å². The Morgan fingerprint density at radius 1 is 0.944 bits per heavy atom. The third-order valence-electron chi connectivity index (χ3n) is 5.97. The number of phenolic OH excluding ortho intramolecular Hbond substituents is 1. The van der Waals surface area contributed by atoms with Crippen LogP contribution in [-0.4, -0.2) is 37.4 Å². The van der Waals surface area contributed by atoms with Crippen LogP contribution in [0.2, 0.25) is 0 Å². The summed E-state index contributed by atoms with van der Waals surface area (Å²) in [5, 5.41) is 15.4. The van der Waals surface area contributed by atoms with Crippen molar-refractivity contribution in [2.45, 2.75) is 66.3 Å². The molecule has 3 N–H and O–H groups in total. The highest BCUT2D eigenvalue weighted by Crippen LogP contribution is 2.26. The Hall–Kier alpha value is -3.22. The molecule has 0 aliphatic rings. The predicted molar refractivity (Wildman–Crippen MR) is 142 cm³/mol. The molecule has 2 aromatic carbocycles. The molecule has 0 saturated heterocycles. The summed E-state index contributed by atoms with van der Waals surface area (Å²) < 4.78 is 10.7. The topological polar surface area (TPSA) is 96.9 Å². The number of hydrogen-bond donors (Lipinski definition) is 3. The fourth-order valence-corrected chi connectivity index (χ4v) is 3.51. The Balaban J connectivity index is 1.94. The molecule has 0 spiro atoms. The summed E-state index contributed by atoms with van der Waals surface area (Å²) in [6.07, 6.45) is 1.58. The smallest absolute Gasteiger partial charge is 0.315 e. The summed E-state index contributed by atoms with van der Waals surface area (Å²) in [6, 6.07) is 13.2. The van der Waals surface area contributed by atoms with E-state index in [1.807, 2.05) is 20.8 Å². The summed E-state index contributed by atoms with van der Waals surface area (Å²) in [5.41, 5.74) is 2.81. The number of urea groups is 1. The van der Waals surface area contributed by atoms with E-state index in [1.54, 1.807) is 12.1 Å². The van der Waals surface area contributed by atoms with E-state index in [2.05, 4.69) is 55.7 Å². The fourth-order valence-electron chi connectivity index (χ4n) is 3.51. The van der Waals surface area contributed by atoms with Crippen molar-refractivity contribution in [3.8, 4) is 11.5 Å². The van der Waals surface area contributed by atoms with E-state index < -0.39 is 5.41 Å². The quantitative estimate of drug-likeness (QED) is 0.385. The van der Waals surface area contributed by atoms with E-state index in [0.29, 0.717) is 12.3 Å². The average molecular weight is 499 g/mol. The highest BCUT2D eigenvalue weighted by Gasteiger charge is 2.24. The van der Waals surface area contributed by atoms with Gasteiger partial charge in [-0.05, 0) is 67.9 Å². The van der Waals surface area contributed by atoms with Gasteiger partial charge in [0.1, 0.15) is 0 Å². The summed E-state index contributed by atoms with van der Waals surface area (Å²) in [5.74, 6) is 0.114. The van der Waals surface area contributed by atoms with Crippen molar-refractivity contribution in [2.75, 3.05) is 20.3 Å². The van der Waals surface area contributed by atoms with Gasteiger partial charge in [-0.3, -0.25) is 4.79 Å². The van der Waals surface area contributed by atoms with Crippen molar-refractivity contribution in [1.82, 2.24) is 10.6 Å². The normalized spacial score (nSPS) is 12.5. The minimum Gasteiger partial charge on any atom is -0.504 e. The highest BCUT2D eigenvalue weighted by atomic mass is 16.5. The number of carbonyl (C=O) groups is 2. The van der Waals surface area contributed by atoms with Gasteiger partial charge < -0.3 is 25.2 Å². The van der Waals surface area contributed by atoms with E-state index in [4.69, 9.17) is 9.47 Å². The molecule has 36 heavy (non-hydrogen) atoms. The fraction of sp³-hybridized carbons (Fsp3) is 0.517. The molecule has 0 aromatic heterocycles. The van der Waals surface area contributed by atoms with Crippen molar-refractivity contribution in [3.63, 3.8) is 0 Å². The first kappa shape index (κ1) is 29.0. The molecule has 1 unspecified atom stereocenters. The van der Waals surface area contributed by atoms with Gasteiger partial charge in [0.15, 0.2) is 11.5 Å². The maximum absolute atomic E-state index is 12.4. The first-order valence-corrected chi connectivity index (χ1v) is 12.4. The van der Waals surface area contributed by atoms with Crippen LogP contribution in [-0.2, 0) is 27.9 Å². The molecular weight excluding hydrogens is 456 g/mol. The molecule has 2 aromatic rings. The number of carbonyl (C=O) groups excluding carboxylic acids is 2. The van der Waals surface area contributed by atoms with Crippen LogP contribution in [0.25, 0.3) is 0 Å². The van der Waals surface area contributed by atoms with Crippen molar-refractivity contribution in [1.29, 1.82) is 0 Å². The molecule has 0 saturated carbocycles. The Bertz CT molecular complexity index is 1000. The molecular formula is C29H42N2O5. The van der Waals surface area contributed by atoms with Gasteiger partial charge in [0, 0.05) is 19.0 Å². The van der Waals surface area contributed by atoms with Gasteiger partial charge in [-0.25, -0.2) is 4.79 Å². The zero-order chi connectivity index (χ0) is 26.9. The second-order valence-corrected chi connectivity index (χ2v) is 11.3. The molecule has 0 fully saturated rings. The van der Waals surface area contributed by atoms with E-state index in [-0.39, 0.29) is 42.2 Å². The highest BCUT2D eigenvalue weighted by molar-refractivity contribution is 5.75. The van der Waals surface area contributed by atoms with Crippen molar-refractivity contribution < 1.29 is 24.2 Å². The number of aromatic hydroxyl groups is 1. The summed E-state index contributed by atoms with van der Waals surface area (Å²) in [7, 11) is 1.48. The van der Waals surface area contributed by atoms with Crippen LogP contribution in [0.4, 0.5) is 4.79 Å². The Labute approximate surface area is 215 Å². The van der Waals surface area contributed by atoms with Crippen LogP contribution in [0, 0.1) is 11.3 Å². The summed E-state index contributed by atoms with van der Waals surface area (Å²) in [6.45, 7) is 12.9. The van der Waals surface area contributed by atoms with Gasteiger partial charge >= 0.3 is 12.0 Å². The number of rotatable bonds is 10. The lowest BCUT2D eigenvalue weighted by molar-refractivity contribution is -0.154. The van der Waals surface area contributed by atoms with Crippen molar-refractivity contribution in [2.24, 2.45) is 11.3 Å². The van der Waals surface area contributed by atoms with E-state index >= 15 is 0 Å². The lowest BCUT2D eigenvalue weighted by Crippen LogP contribution is -2.39. The van der Waals surface area contributed by atoms with Gasteiger partial charge in [-0.15, -0.1) is 0 Å². The van der Waals surface area contributed by atoms with Gasteiger partial charge in [0.05, 0.1) is 19.1 Å². The number of aryl methyl sites for hydroxylation is 1. The predicted octanol–water partition coefficient (Wildman–Crippen LogP) is 5.34. The minimum atomic E-state index is -0.580. The van der Waals surface area contributed by atoms with Gasteiger partial charge in [0.25, 0.3) is 0 Å². The Morgan fingerprint density at radius 2 is 1.58 bits per heavy atom. The van der Waals surface area contributed by atoms with Crippen LogP contribution in [0.1, 0.15) is 64.7 Å². The molecule has 2 amide bonds. The van der Waals surface area contributed by atoms with Crippen LogP contribution < -0.4 is 15.4 Å². The van der Waals surface area contributed by atoms with Crippen LogP contribution >= 0.6 is 0 Å². The second-order valence-electron chi connectivity index (χ2n) is 11.3. The number of esters is 1. The van der Waals surface area contributed by atoms with E-state index in [1.165, 1.54) is 24.3 Å². The SMILES string of the molecule is COc1cc(CNC(=O)NCC(CCc2ccc(C(C)(C)C)cc2)COC(=O)C(C)(C)C)ccc1O. The number of amides is 2. The first-order valence-electron chi connectivity index (χ1n) is 12.4. The lowest BCUT2D eigenvalue weighted by atomic mass is 9.86. The molecule has 0 bridgehead atoms. The third-order valence-corrected chi connectivity index (χ3v) is 5.97. The first-order chi connectivity index (χ1) is 16.8. The second kappa shape index (κ2) is 12.7. The Morgan fingerprint density at radius 3 is 2.17 bits per heavy atom. The monoisotopic (exact) mass is 498 g/mol. The molecule has 7 heteroatoms. The number of nitrogens with one attached hydrogen (secondary N) is 2. The maximum Gasteiger partial charge on any atom is 0.315 e. The molecule has 7 nitrogen and oxygen atoms in total. The largest absolute Gasteiger partial charge is 0.504 e.